The second-order valence-corrected chi connectivity index (χ2v) is 3.48. The summed E-state index contributed by atoms with van der Waals surface area (Å²) >= 11 is 0. The summed E-state index contributed by atoms with van der Waals surface area (Å²) in [6.45, 7) is 11.9. The molecule has 0 aliphatic heterocycles. The van der Waals surface area contributed by atoms with E-state index in [4.69, 9.17) is 5.73 Å². The summed E-state index contributed by atoms with van der Waals surface area (Å²) in [5.74, 6) is 0. The van der Waals surface area contributed by atoms with Crippen LogP contribution in [0, 0.1) is 0 Å². The molecule has 0 radical (unpaired) electrons. The second kappa shape index (κ2) is 8.48. The Labute approximate surface area is 82.7 Å². The number of rotatable bonds is 8. The van der Waals surface area contributed by atoms with Gasteiger partial charge in [-0.05, 0) is 39.5 Å². The van der Waals surface area contributed by atoms with Crippen molar-refractivity contribution in [3.05, 3.63) is 0 Å². The summed E-state index contributed by atoms with van der Waals surface area (Å²) in [7, 11) is 0. The normalized spacial score (nSPS) is 13.6. The number of likely N-dealkylation sites (N-methyl/N-ethyl adjacent to an activating group) is 1. The van der Waals surface area contributed by atoms with Crippen LogP contribution in [0.1, 0.15) is 27.2 Å². The zero-order valence-electron chi connectivity index (χ0n) is 9.34. The summed E-state index contributed by atoms with van der Waals surface area (Å²) in [5, 5.41) is 3.46. The minimum absolute atomic E-state index is 0.575. The number of hydrogen-bond acceptors (Lipinski definition) is 3. The van der Waals surface area contributed by atoms with Crippen molar-refractivity contribution in [2.45, 2.75) is 33.2 Å². The van der Waals surface area contributed by atoms with E-state index in [0.717, 1.165) is 39.1 Å². The van der Waals surface area contributed by atoms with Gasteiger partial charge in [-0.15, -0.1) is 0 Å². The minimum atomic E-state index is 0.575. The minimum Gasteiger partial charge on any atom is -0.330 e. The highest BCUT2D eigenvalue weighted by Crippen LogP contribution is 1.91. The van der Waals surface area contributed by atoms with Crippen LogP contribution in [0.3, 0.4) is 0 Å². The molecular formula is C10H25N3. The van der Waals surface area contributed by atoms with Crippen molar-refractivity contribution < 1.29 is 0 Å². The van der Waals surface area contributed by atoms with Gasteiger partial charge in [0.05, 0.1) is 0 Å². The molecule has 13 heavy (non-hydrogen) atoms. The molecule has 0 heterocycles. The fourth-order valence-corrected chi connectivity index (χ4v) is 1.38. The molecule has 0 aromatic carbocycles. The fourth-order valence-electron chi connectivity index (χ4n) is 1.38. The van der Waals surface area contributed by atoms with Gasteiger partial charge in [0.1, 0.15) is 0 Å². The van der Waals surface area contributed by atoms with Gasteiger partial charge in [-0.2, -0.15) is 0 Å². The third-order valence-corrected chi connectivity index (χ3v) is 2.30. The molecule has 0 amide bonds. The monoisotopic (exact) mass is 187 g/mol. The third-order valence-electron chi connectivity index (χ3n) is 2.30. The molecule has 80 valence electrons. The van der Waals surface area contributed by atoms with Crippen molar-refractivity contribution in [2.75, 3.05) is 32.7 Å². The van der Waals surface area contributed by atoms with Crippen LogP contribution >= 0.6 is 0 Å². The highest BCUT2D eigenvalue weighted by atomic mass is 15.1. The van der Waals surface area contributed by atoms with Crippen LogP contribution in [0.25, 0.3) is 0 Å². The largest absolute Gasteiger partial charge is 0.330 e. The lowest BCUT2D eigenvalue weighted by Gasteiger charge is -2.23. The van der Waals surface area contributed by atoms with E-state index in [0.29, 0.717) is 6.04 Å². The molecule has 0 spiro atoms. The SMILES string of the molecule is CCN(CC)CC(C)NCCCN. The lowest BCUT2D eigenvalue weighted by atomic mass is 10.3. The molecule has 0 bridgehead atoms. The second-order valence-electron chi connectivity index (χ2n) is 3.48. The highest BCUT2D eigenvalue weighted by molar-refractivity contribution is 4.65. The van der Waals surface area contributed by atoms with Crippen LogP contribution in [-0.4, -0.2) is 43.7 Å². The Morgan fingerprint density at radius 2 is 1.92 bits per heavy atom. The van der Waals surface area contributed by atoms with Gasteiger partial charge in [0.15, 0.2) is 0 Å². The van der Waals surface area contributed by atoms with Crippen LogP contribution in [-0.2, 0) is 0 Å². The Balaban J connectivity index is 3.42. The van der Waals surface area contributed by atoms with Crippen LogP contribution in [0.15, 0.2) is 0 Å². The Hall–Kier alpha value is -0.120. The van der Waals surface area contributed by atoms with E-state index in [1.54, 1.807) is 0 Å². The molecule has 0 rings (SSSR count). The molecule has 3 N–H and O–H groups in total. The first-order valence-electron chi connectivity index (χ1n) is 5.40. The fraction of sp³-hybridized carbons (Fsp3) is 1.00. The molecule has 3 heteroatoms. The van der Waals surface area contributed by atoms with E-state index in [2.05, 4.69) is 31.0 Å². The molecular weight excluding hydrogens is 162 g/mol. The molecule has 1 atom stereocenters. The van der Waals surface area contributed by atoms with Gasteiger partial charge < -0.3 is 16.0 Å². The van der Waals surface area contributed by atoms with Crippen molar-refractivity contribution in [3.8, 4) is 0 Å². The van der Waals surface area contributed by atoms with Crippen molar-refractivity contribution >= 4 is 0 Å². The van der Waals surface area contributed by atoms with Crippen LogP contribution in [0.5, 0.6) is 0 Å². The third kappa shape index (κ3) is 6.99. The van der Waals surface area contributed by atoms with Crippen molar-refractivity contribution in [1.29, 1.82) is 0 Å². The molecule has 0 saturated heterocycles. The van der Waals surface area contributed by atoms with Crippen LogP contribution in [0.2, 0.25) is 0 Å². The Bertz CT molecular complexity index is 102. The number of hydrogen-bond donors (Lipinski definition) is 2. The first kappa shape index (κ1) is 12.9. The first-order valence-corrected chi connectivity index (χ1v) is 5.40. The van der Waals surface area contributed by atoms with E-state index in [9.17, 15) is 0 Å². The highest BCUT2D eigenvalue weighted by Gasteiger charge is 2.05. The maximum atomic E-state index is 5.42. The Morgan fingerprint density at radius 1 is 1.31 bits per heavy atom. The average Bonchev–Trinajstić information content (AvgIpc) is 2.14. The molecule has 0 aromatic rings. The Kier molecular flexibility index (Phi) is 8.40. The zero-order chi connectivity index (χ0) is 10.1. The average molecular weight is 187 g/mol. The maximum absolute atomic E-state index is 5.42. The van der Waals surface area contributed by atoms with Gasteiger partial charge in [0, 0.05) is 12.6 Å². The molecule has 0 aliphatic rings. The van der Waals surface area contributed by atoms with E-state index in [1.165, 1.54) is 0 Å². The topological polar surface area (TPSA) is 41.3 Å². The quantitative estimate of drug-likeness (QED) is 0.548. The lowest BCUT2D eigenvalue weighted by molar-refractivity contribution is 0.271. The summed E-state index contributed by atoms with van der Waals surface area (Å²) < 4.78 is 0. The van der Waals surface area contributed by atoms with Crippen LogP contribution in [0.4, 0.5) is 0 Å². The number of nitrogens with two attached hydrogens (primary N) is 1. The van der Waals surface area contributed by atoms with E-state index >= 15 is 0 Å². The molecule has 3 nitrogen and oxygen atoms in total. The van der Waals surface area contributed by atoms with E-state index in [1.807, 2.05) is 0 Å². The van der Waals surface area contributed by atoms with Gasteiger partial charge in [0.25, 0.3) is 0 Å². The summed E-state index contributed by atoms with van der Waals surface area (Å²) in [6, 6.07) is 0.575. The molecule has 0 fully saturated rings. The summed E-state index contributed by atoms with van der Waals surface area (Å²) in [4.78, 5) is 2.43. The molecule has 0 saturated carbocycles. The van der Waals surface area contributed by atoms with Crippen LogP contribution < -0.4 is 11.1 Å². The van der Waals surface area contributed by atoms with Crippen molar-refractivity contribution in [3.63, 3.8) is 0 Å². The van der Waals surface area contributed by atoms with Gasteiger partial charge in [-0.3, -0.25) is 0 Å². The first-order chi connectivity index (χ1) is 6.24. The number of nitrogens with one attached hydrogen (secondary N) is 1. The summed E-state index contributed by atoms with van der Waals surface area (Å²) in [5.41, 5.74) is 5.42. The molecule has 0 aliphatic carbocycles. The molecule has 0 aromatic heterocycles. The van der Waals surface area contributed by atoms with E-state index in [-0.39, 0.29) is 0 Å². The van der Waals surface area contributed by atoms with Crippen molar-refractivity contribution in [2.24, 2.45) is 5.73 Å². The lowest BCUT2D eigenvalue weighted by Crippen LogP contribution is -2.39. The number of nitrogens with zero attached hydrogens (tertiary/aromatic N) is 1. The van der Waals surface area contributed by atoms with E-state index < -0.39 is 0 Å². The van der Waals surface area contributed by atoms with Gasteiger partial charge in [-0.25, -0.2) is 0 Å². The Morgan fingerprint density at radius 3 is 2.38 bits per heavy atom. The van der Waals surface area contributed by atoms with Gasteiger partial charge in [-0.1, -0.05) is 13.8 Å². The summed E-state index contributed by atoms with van der Waals surface area (Å²) in [6.07, 6.45) is 1.07. The maximum Gasteiger partial charge on any atom is 0.0166 e. The molecule has 1 unspecified atom stereocenters. The van der Waals surface area contributed by atoms with Crippen molar-refractivity contribution in [1.82, 2.24) is 10.2 Å². The van der Waals surface area contributed by atoms with Gasteiger partial charge >= 0.3 is 0 Å². The standard InChI is InChI=1S/C10H25N3/c1-4-13(5-2)9-10(3)12-8-6-7-11/h10,12H,4-9,11H2,1-3H3. The zero-order valence-corrected chi connectivity index (χ0v) is 9.34. The van der Waals surface area contributed by atoms with Gasteiger partial charge in [0.2, 0.25) is 0 Å². The predicted molar refractivity (Wildman–Crippen MR) is 58.9 cm³/mol. The predicted octanol–water partition coefficient (Wildman–Crippen LogP) is 0.655. The smallest absolute Gasteiger partial charge is 0.0166 e.